The molecule has 2 aliphatic heterocycles. The summed E-state index contributed by atoms with van der Waals surface area (Å²) in [5, 5.41) is 8.99. The first kappa shape index (κ1) is 28.3. The van der Waals surface area contributed by atoms with E-state index in [1.54, 1.807) is 12.0 Å². The van der Waals surface area contributed by atoms with Gasteiger partial charge >= 0.3 is 6.18 Å². The first-order valence-electron chi connectivity index (χ1n) is 11.8. The number of methoxy groups -OCH3 is 1. The molecule has 0 bridgehead atoms. The number of nitriles is 1. The third-order valence-electron chi connectivity index (χ3n) is 6.41. The van der Waals surface area contributed by atoms with Crippen LogP contribution in [-0.2, 0) is 30.0 Å². The summed E-state index contributed by atoms with van der Waals surface area (Å²) < 4.78 is 50.2. The number of hydrogen-bond acceptors (Lipinski definition) is 7. The SMILES string of the molecule is COCCOCC(=O)N1CCN(CCCC2=C(C)C(=O)N(c3ccc(C#N)c(C(F)(F)F)c3)C2=O)CC1. The maximum atomic E-state index is 13.4. The van der Waals surface area contributed by atoms with Crippen molar-refractivity contribution in [3.8, 4) is 6.07 Å². The Bertz CT molecular complexity index is 1100. The molecule has 3 amide bonds. The Hall–Kier alpha value is -3.27. The van der Waals surface area contributed by atoms with Crippen molar-refractivity contribution in [2.75, 3.05) is 64.6 Å². The number of halogens is 3. The fraction of sp³-hybridized carbons (Fsp3) is 0.520. The molecule has 0 aromatic heterocycles. The van der Waals surface area contributed by atoms with Gasteiger partial charge < -0.3 is 14.4 Å². The highest BCUT2D eigenvalue weighted by Gasteiger charge is 2.39. The zero-order valence-electron chi connectivity index (χ0n) is 20.8. The van der Waals surface area contributed by atoms with E-state index in [1.165, 1.54) is 19.1 Å². The molecule has 0 saturated carbocycles. The second-order valence-electron chi connectivity index (χ2n) is 8.76. The largest absolute Gasteiger partial charge is 0.417 e. The highest BCUT2D eigenvalue weighted by atomic mass is 19.4. The molecule has 9 nitrogen and oxygen atoms in total. The van der Waals surface area contributed by atoms with E-state index in [4.69, 9.17) is 14.7 Å². The molecule has 37 heavy (non-hydrogen) atoms. The molecule has 3 rings (SSSR count). The van der Waals surface area contributed by atoms with Gasteiger partial charge in [0.15, 0.2) is 0 Å². The van der Waals surface area contributed by atoms with Gasteiger partial charge in [-0.2, -0.15) is 18.4 Å². The molecular formula is C25H29F3N4O5. The van der Waals surface area contributed by atoms with Crippen LogP contribution in [0.2, 0.25) is 0 Å². The molecule has 0 atom stereocenters. The number of benzene rings is 1. The number of anilines is 1. The summed E-state index contributed by atoms with van der Waals surface area (Å²) in [6.45, 7) is 5.34. The molecule has 0 unspecified atom stereocenters. The Morgan fingerprint density at radius 3 is 2.43 bits per heavy atom. The van der Waals surface area contributed by atoms with Gasteiger partial charge in [0.1, 0.15) is 6.61 Å². The standard InChI is InChI=1S/C25H29F3N4O5/c1-17-20(4-3-7-30-8-10-31(11-9-30)22(33)16-37-13-12-36-2)24(35)32(23(17)34)19-6-5-18(15-29)21(14-19)25(26,27)28/h5-6,14H,3-4,7-13,16H2,1-2H3. The van der Waals surface area contributed by atoms with E-state index in [0.29, 0.717) is 64.8 Å². The second-order valence-corrected chi connectivity index (χ2v) is 8.76. The van der Waals surface area contributed by atoms with Crippen molar-refractivity contribution in [3.63, 3.8) is 0 Å². The molecule has 0 spiro atoms. The minimum absolute atomic E-state index is 0.00708. The highest BCUT2D eigenvalue weighted by Crippen LogP contribution is 2.36. The topological polar surface area (TPSA) is 103 Å². The lowest BCUT2D eigenvalue weighted by atomic mass is 10.1. The fourth-order valence-corrected chi connectivity index (χ4v) is 4.31. The van der Waals surface area contributed by atoms with Crippen LogP contribution < -0.4 is 4.90 Å². The van der Waals surface area contributed by atoms with Gasteiger partial charge in [0.2, 0.25) is 5.91 Å². The number of imide groups is 1. The second kappa shape index (κ2) is 12.3. The normalized spacial score (nSPS) is 17.1. The zero-order chi connectivity index (χ0) is 27.2. The Kier molecular flexibility index (Phi) is 9.42. The summed E-state index contributed by atoms with van der Waals surface area (Å²) in [4.78, 5) is 42.6. The van der Waals surface area contributed by atoms with Crippen LogP contribution in [0.25, 0.3) is 0 Å². The summed E-state index contributed by atoms with van der Waals surface area (Å²) in [6.07, 6.45) is -3.94. The van der Waals surface area contributed by atoms with Gasteiger partial charge in [0, 0.05) is 44.4 Å². The van der Waals surface area contributed by atoms with Crippen LogP contribution in [0.5, 0.6) is 0 Å². The molecule has 2 heterocycles. The van der Waals surface area contributed by atoms with Gasteiger partial charge in [0.25, 0.3) is 11.8 Å². The van der Waals surface area contributed by atoms with Crippen LogP contribution >= 0.6 is 0 Å². The van der Waals surface area contributed by atoms with E-state index in [-0.39, 0.29) is 29.3 Å². The van der Waals surface area contributed by atoms with E-state index in [0.717, 1.165) is 11.0 Å². The quantitative estimate of drug-likeness (QED) is 0.343. The van der Waals surface area contributed by atoms with Crippen molar-refractivity contribution in [1.29, 1.82) is 5.26 Å². The van der Waals surface area contributed by atoms with Crippen LogP contribution in [0, 0.1) is 11.3 Å². The Labute approximate surface area is 213 Å². The summed E-state index contributed by atoms with van der Waals surface area (Å²) >= 11 is 0. The monoisotopic (exact) mass is 522 g/mol. The van der Waals surface area contributed by atoms with Gasteiger partial charge in [-0.15, -0.1) is 0 Å². The van der Waals surface area contributed by atoms with E-state index >= 15 is 0 Å². The maximum Gasteiger partial charge on any atom is 0.417 e. The molecule has 0 N–H and O–H groups in total. The first-order chi connectivity index (χ1) is 17.6. The van der Waals surface area contributed by atoms with Crippen molar-refractivity contribution in [3.05, 3.63) is 40.5 Å². The summed E-state index contributed by atoms with van der Waals surface area (Å²) in [7, 11) is 1.56. The van der Waals surface area contributed by atoms with Crippen molar-refractivity contribution >= 4 is 23.4 Å². The number of alkyl halides is 3. The summed E-state index contributed by atoms with van der Waals surface area (Å²) in [6, 6.07) is 4.28. The molecule has 1 aromatic carbocycles. The van der Waals surface area contributed by atoms with Gasteiger partial charge in [-0.25, -0.2) is 4.90 Å². The lowest BCUT2D eigenvalue weighted by Crippen LogP contribution is -2.49. The van der Waals surface area contributed by atoms with Crippen LogP contribution in [0.3, 0.4) is 0 Å². The molecule has 200 valence electrons. The van der Waals surface area contributed by atoms with E-state index in [1.807, 2.05) is 0 Å². The number of amides is 3. The first-order valence-corrected chi connectivity index (χ1v) is 11.8. The number of piperazine rings is 1. The molecule has 0 radical (unpaired) electrons. The Balaban J connectivity index is 1.53. The molecule has 1 fully saturated rings. The predicted molar refractivity (Wildman–Crippen MR) is 126 cm³/mol. The van der Waals surface area contributed by atoms with E-state index < -0.39 is 29.1 Å². The lowest BCUT2D eigenvalue weighted by molar-refractivity contribution is -0.138. The van der Waals surface area contributed by atoms with Crippen LogP contribution in [-0.4, -0.2) is 87.2 Å². The third kappa shape index (κ3) is 6.74. The number of nitrogens with zero attached hydrogens (tertiary/aromatic N) is 4. The number of ether oxygens (including phenoxy) is 2. The minimum atomic E-state index is -4.80. The van der Waals surface area contributed by atoms with Gasteiger partial charge in [0.05, 0.1) is 36.1 Å². The molecule has 1 aromatic rings. The smallest absolute Gasteiger partial charge is 0.382 e. The van der Waals surface area contributed by atoms with Crippen molar-refractivity contribution in [2.24, 2.45) is 0 Å². The molecule has 12 heteroatoms. The van der Waals surface area contributed by atoms with Gasteiger partial charge in [-0.05, 0) is 44.5 Å². The molecular weight excluding hydrogens is 493 g/mol. The number of hydrogen-bond donors (Lipinski definition) is 0. The molecule has 1 saturated heterocycles. The zero-order valence-corrected chi connectivity index (χ0v) is 20.8. The van der Waals surface area contributed by atoms with E-state index in [2.05, 4.69) is 4.90 Å². The van der Waals surface area contributed by atoms with Crippen LogP contribution in [0.15, 0.2) is 29.3 Å². The lowest BCUT2D eigenvalue weighted by Gasteiger charge is -2.34. The fourth-order valence-electron chi connectivity index (χ4n) is 4.31. The van der Waals surface area contributed by atoms with Gasteiger partial charge in [-0.1, -0.05) is 0 Å². The van der Waals surface area contributed by atoms with Crippen LogP contribution in [0.4, 0.5) is 18.9 Å². The Morgan fingerprint density at radius 1 is 1.11 bits per heavy atom. The van der Waals surface area contributed by atoms with Crippen molar-refractivity contribution < 1.29 is 37.0 Å². The van der Waals surface area contributed by atoms with Crippen molar-refractivity contribution in [1.82, 2.24) is 9.80 Å². The Morgan fingerprint density at radius 2 is 1.81 bits per heavy atom. The molecule has 2 aliphatic rings. The average molecular weight is 523 g/mol. The van der Waals surface area contributed by atoms with Crippen LogP contribution in [0.1, 0.15) is 30.9 Å². The summed E-state index contributed by atoms with van der Waals surface area (Å²) in [5.41, 5.74) is -1.53. The van der Waals surface area contributed by atoms with Crippen molar-refractivity contribution in [2.45, 2.75) is 25.9 Å². The maximum absolute atomic E-state index is 13.4. The molecule has 0 aliphatic carbocycles. The number of carbonyl (C=O) groups excluding carboxylic acids is 3. The summed E-state index contributed by atoms with van der Waals surface area (Å²) in [5.74, 6) is -1.40. The average Bonchev–Trinajstić information content (AvgIpc) is 3.09. The third-order valence-corrected chi connectivity index (χ3v) is 6.41. The van der Waals surface area contributed by atoms with Gasteiger partial charge in [-0.3, -0.25) is 19.3 Å². The minimum Gasteiger partial charge on any atom is -0.382 e. The van der Waals surface area contributed by atoms with E-state index in [9.17, 15) is 27.6 Å². The number of rotatable bonds is 10. The predicted octanol–water partition coefficient (Wildman–Crippen LogP) is 2.35. The highest BCUT2D eigenvalue weighted by molar-refractivity contribution is 6.32. The number of carbonyl (C=O) groups is 3.